The first-order chi connectivity index (χ1) is 7.88. The monoisotopic (exact) mass is 258 g/mol. The Morgan fingerprint density at radius 3 is 2.71 bits per heavy atom. The van der Waals surface area contributed by atoms with E-state index in [4.69, 9.17) is 5.73 Å². The predicted molar refractivity (Wildman–Crippen MR) is 65.6 cm³/mol. The van der Waals surface area contributed by atoms with E-state index >= 15 is 0 Å². The Morgan fingerprint density at radius 2 is 2.18 bits per heavy atom. The van der Waals surface area contributed by atoms with E-state index in [0.29, 0.717) is 6.42 Å². The van der Waals surface area contributed by atoms with Crippen molar-refractivity contribution in [1.29, 1.82) is 0 Å². The smallest absolute Gasteiger partial charge is 0.240 e. The molecule has 94 valence electrons. The summed E-state index contributed by atoms with van der Waals surface area (Å²) in [6.07, 6.45) is 2.13. The Hall–Kier alpha value is -1.40. The highest BCUT2D eigenvalue weighted by atomic mass is 32.2. The van der Waals surface area contributed by atoms with Crippen LogP contribution >= 0.6 is 0 Å². The molecule has 0 unspecified atom stereocenters. The quantitative estimate of drug-likeness (QED) is 0.478. The maximum atomic E-state index is 13.3. The highest BCUT2D eigenvalue weighted by Crippen LogP contribution is 2.20. The van der Waals surface area contributed by atoms with Gasteiger partial charge >= 0.3 is 0 Å². The second kappa shape index (κ2) is 5.29. The SMILES string of the molecule is C=CCCNS(=O)(=O)c1cc(C)c(F)c(N)c1. The van der Waals surface area contributed by atoms with Crippen LogP contribution in [0.15, 0.2) is 29.7 Å². The molecule has 0 aliphatic rings. The van der Waals surface area contributed by atoms with Crippen LogP contribution in [0.5, 0.6) is 0 Å². The van der Waals surface area contributed by atoms with E-state index in [1.165, 1.54) is 13.0 Å². The topological polar surface area (TPSA) is 72.2 Å². The fraction of sp³-hybridized carbons (Fsp3) is 0.273. The zero-order chi connectivity index (χ0) is 13.1. The molecule has 0 saturated heterocycles. The lowest BCUT2D eigenvalue weighted by Gasteiger charge is -2.08. The van der Waals surface area contributed by atoms with Gasteiger partial charge in [-0.15, -0.1) is 6.58 Å². The van der Waals surface area contributed by atoms with Gasteiger partial charge in [0.05, 0.1) is 10.6 Å². The maximum Gasteiger partial charge on any atom is 0.240 e. The van der Waals surface area contributed by atoms with Gasteiger partial charge in [-0.25, -0.2) is 17.5 Å². The van der Waals surface area contributed by atoms with Crippen molar-refractivity contribution in [3.63, 3.8) is 0 Å². The van der Waals surface area contributed by atoms with E-state index in [-0.39, 0.29) is 22.7 Å². The maximum absolute atomic E-state index is 13.3. The molecule has 4 nitrogen and oxygen atoms in total. The molecule has 0 bridgehead atoms. The van der Waals surface area contributed by atoms with Gasteiger partial charge < -0.3 is 5.73 Å². The summed E-state index contributed by atoms with van der Waals surface area (Å²) in [6, 6.07) is 2.36. The van der Waals surface area contributed by atoms with Crippen molar-refractivity contribution in [2.45, 2.75) is 18.2 Å². The molecule has 0 saturated carbocycles. The third kappa shape index (κ3) is 3.28. The Balaban J connectivity index is 3.03. The lowest BCUT2D eigenvalue weighted by Crippen LogP contribution is -2.24. The lowest BCUT2D eigenvalue weighted by atomic mass is 10.2. The number of sulfonamides is 1. The van der Waals surface area contributed by atoms with Crippen molar-refractivity contribution in [2.24, 2.45) is 0 Å². The standard InChI is InChI=1S/C11H15FN2O2S/c1-3-4-5-14-17(15,16)9-6-8(2)11(12)10(13)7-9/h3,6-7,14H,1,4-5,13H2,2H3. The number of anilines is 1. The predicted octanol–water partition coefficient (Wildman–Crippen LogP) is 1.57. The van der Waals surface area contributed by atoms with Gasteiger partial charge in [0, 0.05) is 6.54 Å². The second-order valence-corrected chi connectivity index (χ2v) is 5.39. The fourth-order valence-corrected chi connectivity index (χ4v) is 2.46. The highest BCUT2D eigenvalue weighted by molar-refractivity contribution is 7.89. The molecule has 0 heterocycles. The van der Waals surface area contributed by atoms with E-state index in [0.717, 1.165) is 6.07 Å². The van der Waals surface area contributed by atoms with Crippen LogP contribution < -0.4 is 10.5 Å². The first kappa shape index (κ1) is 13.7. The number of benzene rings is 1. The van der Waals surface area contributed by atoms with Crippen molar-refractivity contribution in [1.82, 2.24) is 4.72 Å². The molecule has 0 spiro atoms. The number of nitrogens with two attached hydrogens (primary N) is 1. The Kier molecular flexibility index (Phi) is 4.25. The molecule has 0 fully saturated rings. The Labute approximate surface area is 100 Å². The number of nitrogens with one attached hydrogen (secondary N) is 1. The molecule has 1 aromatic carbocycles. The summed E-state index contributed by atoms with van der Waals surface area (Å²) in [5.41, 5.74) is 5.42. The van der Waals surface area contributed by atoms with Crippen molar-refractivity contribution in [2.75, 3.05) is 12.3 Å². The summed E-state index contributed by atoms with van der Waals surface area (Å²) in [6.45, 7) is 5.21. The van der Waals surface area contributed by atoms with Crippen molar-refractivity contribution in [3.8, 4) is 0 Å². The van der Waals surface area contributed by atoms with E-state index in [9.17, 15) is 12.8 Å². The average molecular weight is 258 g/mol. The first-order valence-corrected chi connectivity index (χ1v) is 6.53. The Morgan fingerprint density at radius 1 is 1.53 bits per heavy atom. The van der Waals surface area contributed by atoms with Crippen LogP contribution in [0.2, 0.25) is 0 Å². The summed E-state index contributed by atoms with van der Waals surface area (Å²) in [7, 11) is -3.64. The summed E-state index contributed by atoms with van der Waals surface area (Å²) in [4.78, 5) is -0.0297. The molecular formula is C11H15FN2O2S. The van der Waals surface area contributed by atoms with Gasteiger partial charge in [-0.05, 0) is 31.0 Å². The van der Waals surface area contributed by atoms with Crippen LogP contribution in [-0.4, -0.2) is 15.0 Å². The van der Waals surface area contributed by atoms with Crippen LogP contribution in [0.4, 0.5) is 10.1 Å². The number of rotatable bonds is 5. The van der Waals surface area contributed by atoms with Crippen molar-refractivity contribution in [3.05, 3.63) is 36.2 Å². The minimum atomic E-state index is -3.64. The van der Waals surface area contributed by atoms with Gasteiger partial charge in [-0.2, -0.15) is 0 Å². The van der Waals surface area contributed by atoms with Crippen LogP contribution in [0, 0.1) is 12.7 Å². The highest BCUT2D eigenvalue weighted by Gasteiger charge is 2.16. The van der Waals surface area contributed by atoms with Gasteiger partial charge in [0.2, 0.25) is 10.0 Å². The zero-order valence-corrected chi connectivity index (χ0v) is 10.3. The number of nitrogen functional groups attached to an aromatic ring is 1. The van der Waals surface area contributed by atoms with Crippen LogP contribution in [0.25, 0.3) is 0 Å². The minimum Gasteiger partial charge on any atom is -0.396 e. The fourth-order valence-electron chi connectivity index (χ4n) is 1.30. The van der Waals surface area contributed by atoms with E-state index < -0.39 is 15.8 Å². The van der Waals surface area contributed by atoms with Crippen molar-refractivity contribution >= 4 is 15.7 Å². The van der Waals surface area contributed by atoms with E-state index in [1.54, 1.807) is 6.08 Å². The zero-order valence-electron chi connectivity index (χ0n) is 9.53. The molecule has 0 atom stereocenters. The number of aryl methyl sites for hydroxylation is 1. The molecule has 3 N–H and O–H groups in total. The third-order valence-corrected chi connectivity index (χ3v) is 3.65. The summed E-state index contributed by atoms with van der Waals surface area (Å²) < 4.78 is 39.2. The molecule has 0 aliphatic carbocycles. The van der Waals surface area contributed by atoms with Gasteiger partial charge in [-0.3, -0.25) is 0 Å². The van der Waals surface area contributed by atoms with E-state index in [1.807, 2.05) is 0 Å². The van der Waals surface area contributed by atoms with Gasteiger partial charge in [0.1, 0.15) is 5.82 Å². The molecule has 1 aromatic rings. The molecule has 0 radical (unpaired) electrons. The second-order valence-electron chi connectivity index (χ2n) is 3.62. The molecule has 17 heavy (non-hydrogen) atoms. The Bertz CT molecular complexity index is 503. The van der Waals surface area contributed by atoms with Gasteiger partial charge in [0.25, 0.3) is 0 Å². The first-order valence-electron chi connectivity index (χ1n) is 5.04. The average Bonchev–Trinajstić information content (AvgIpc) is 2.25. The van der Waals surface area contributed by atoms with Gasteiger partial charge in [0.15, 0.2) is 0 Å². The normalized spacial score (nSPS) is 11.4. The lowest BCUT2D eigenvalue weighted by molar-refractivity contribution is 0.581. The minimum absolute atomic E-state index is 0.0297. The molecule has 0 amide bonds. The molecule has 0 aliphatic heterocycles. The summed E-state index contributed by atoms with van der Waals surface area (Å²) >= 11 is 0. The summed E-state index contributed by atoms with van der Waals surface area (Å²) in [5.74, 6) is -0.588. The largest absolute Gasteiger partial charge is 0.396 e. The number of hydrogen-bond acceptors (Lipinski definition) is 3. The molecule has 6 heteroatoms. The molecule has 0 aromatic heterocycles. The number of hydrogen-bond donors (Lipinski definition) is 2. The van der Waals surface area contributed by atoms with Crippen LogP contribution in [0.3, 0.4) is 0 Å². The van der Waals surface area contributed by atoms with Crippen molar-refractivity contribution < 1.29 is 12.8 Å². The number of halogens is 1. The van der Waals surface area contributed by atoms with Crippen LogP contribution in [-0.2, 0) is 10.0 Å². The molecular weight excluding hydrogens is 243 g/mol. The van der Waals surface area contributed by atoms with E-state index in [2.05, 4.69) is 11.3 Å². The molecule has 1 rings (SSSR count). The third-order valence-electron chi connectivity index (χ3n) is 2.21. The van der Waals surface area contributed by atoms with Gasteiger partial charge in [-0.1, -0.05) is 6.08 Å². The van der Waals surface area contributed by atoms with Crippen LogP contribution in [0.1, 0.15) is 12.0 Å². The summed E-state index contributed by atoms with van der Waals surface area (Å²) in [5, 5.41) is 0.